The summed E-state index contributed by atoms with van der Waals surface area (Å²) >= 11 is 0. The van der Waals surface area contributed by atoms with Gasteiger partial charge in [0.25, 0.3) is 0 Å². The second kappa shape index (κ2) is 4.83. The molecule has 108 valence electrons. The van der Waals surface area contributed by atoms with Crippen LogP contribution >= 0.6 is 0 Å². The Morgan fingerprint density at radius 1 is 1.20 bits per heavy atom. The normalized spacial score (nSPS) is 37.9. The molecule has 1 aromatic carbocycles. The Hall–Kier alpha value is -0.900. The van der Waals surface area contributed by atoms with E-state index in [4.69, 9.17) is 5.73 Å². The first kappa shape index (κ1) is 12.8. The third kappa shape index (κ3) is 1.92. The molecule has 20 heavy (non-hydrogen) atoms. The molecule has 0 bridgehead atoms. The molecule has 0 aromatic heterocycles. The van der Waals surface area contributed by atoms with Crippen LogP contribution in [0.5, 0.6) is 0 Å². The van der Waals surface area contributed by atoms with Gasteiger partial charge in [-0.25, -0.2) is 0 Å². The quantitative estimate of drug-likeness (QED) is 0.845. The molecule has 0 amide bonds. The lowest BCUT2D eigenvalue weighted by atomic mass is 10.0. The number of nitrogens with zero attached hydrogens (tertiary/aromatic N) is 2. The molecular weight excluding hydrogens is 246 g/mol. The van der Waals surface area contributed by atoms with Crippen molar-refractivity contribution < 1.29 is 0 Å². The second-order valence-electron chi connectivity index (χ2n) is 6.83. The summed E-state index contributed by atoms with van der Waals surface area (Å²) in [7, 11) is 0. The Balaban J connectivity index is 1.56. The molecule has 3 aliphatic rings. The molecule has 2 N–H and O–H groups in total. The Bertz CT molecular complexity index is 501. The Morgan fingerprint density at radius 3 is 2.90 bits per heavy atom. The van der Waals surface area contributed by atoms with E-state index in [-0.39, 0.29) is 6.04 Å². The zero-order chi connectivity index (χ0) is 13.7. The van der Waals surface area contributed by atoms with Gasteiger partial charge < -0.3 is 5.73 Å². The molecule has 1 aromatic rings. The van der Waals surface area contributed by atoms with Gasteiger partial charge in [-0.3, -0.25) is 9.80 Å². The summed E-state index contributed by atoms with van der Waals surface area (Å²) in [5.74, 6) is 0. The molecule has 4 atom stereocenters. The van der Waals surface area contributed by atoms with Crippen LogP contribution in [0.15, 0.2) is 24.3 Å². The SMILES string of the molecule is CC1CN2CCCC2CN1C1Cc2ccccc2C1N. The van der Waals surface area contributed by atoms with Gasteiger partial charge in [0.15, 0.2) is 0 Å². The number of hydrogen-bond donors (Lipinski definition) is 1. The minimum atomic E-state index is 0.196. The maximum atomic E-state index is 6.57. The van der Waals surface area contributed by atoms with Crippen molar-refractivity contribution >= 4 is 0 Å². The zero-order valence-corrected chi connectivity index (χ0v) is 12.3. The van der Waals surface area contributed by atoms with Crippen LogP contribution in [0.2, 0.25) is 0 Å². The molecule has 0 radical (unpaired) electrons. The average molecular weight is 271 g/mol. The molecule has 2 saturated heterocycles. The average Bonchev–Trinajstić information content (AvgIpc) is 3.03. The van der Waals surface area contributed by atoms with Gasteiger partial charge in [-0.05, 0) is 43.9 Å². The summed E-state index contributed by atoms with van der Waals surface area (Å²) < 4.78 is 0. The number of fused-ring (bicyclic) bond motifs is 2. The van der Waals surface area contributed by atoms with Gasteiger partial charge in [-0.2, -0.15) is 0 Å². The maximum Gasteiger partial charge on any atom is 0.0459 e. The van der Waals surface area contributed by atoms with Crippen LogP contribution in [0.25, 0.3) is 0 Å². The van der Waals surface area contributed by atoms with Crippen LogP contribution in [-0.4, -0.2) is 47.6 Å². The topological polar surface area (TPSA) is 32.5 Å². The van der Waals surface area contributed by atoms with Crippen LogP contribution in [0.4, 0.5) is 0 Å². The third-order valence-electron chi connectivity index (χ3n) is 5.67. The number of benzene rings is 1. The van der Waals surface area contributed by atoms with E-state index in [0.717, 1.165) is 12.5 Å². The predicted octanol–water partition coefficient (Wildman–Crippen LogP) is 1.78. The van der Waals surface area contributed by atoms with E-state index in [0.29, 0.717) is 12.1 Å². The summed E-state index contributed by atoms with van der Waals surface area (Å²) in [6, 6.07) is 10.9. The van der Waals surface area contributed by atoms with Crippen molar-refractivity contribution in [1.82, 2.24) is 9.80 Å². The second-order valence-corrected chi connectivity index (χ2v) is 6.83. The predicted molar refractivity (Wildman–Crippen MR) is 81.6 cm³/mol. The number of rotatable bonds is 1. The lowest BCUT2D eigenvalue weighted by Crippen LogP contribution is -2.59. The molecule has 0 saturated carbocycles. The molecule has 4 unspecified atom stereocenters. The Morgan fingerprint density at radius 2 is 2.05 bits per heavy atom. The molecule has 2 heterocycles. The smallest absolute Gasteiger partial charge is 0.0459 e. The molecule has 4 rings (SSSR count). The van der Waals surface area contributed by atoms with Crippen molar-refractivity contribution in [2.24, 2.45) is 5.73 Å². The van der Waals surface area contributed by atoms with Crippen LogP contribution < -0.4 is 5.73 Å². The fourth-order valence-electron chi connectivity index (χ4n) is 4.60. The standard InChI is InChI=1S/C17H25N3/c1-12-10-19-8-4-6-14(19)11-20(12)16-9-13-5-2-3-7-15(13)17(16)18/h2-3,5,7,12,14,16-17H,4,6,8-11,18H2,1H3. The summed E-state index contributed by atoms with van der Waals surface area (Å²) in [5.41, 5.74) is 9.40. The molecule has 2 fully saturated rings. The van der Waals surface area contributed by atoms with Crippen LogP contribution in [0, 0.1) is 0 Å². The van der Waals surface area contributed by atoms with Crippen molar-refractivity contribution in [2.45, 2.75) is 50.4 Å². The molecule has 3 nitrogen and oxygen atoms in total. The van der Waals surface area contributed by atoms with Crippen LogP contribution in [-0.2, 0) is 6.42 Å². The lowest BCUT2D eigenvalue weighted by Gasteiger charge is -2.46. The van der Waals surface area contributed by atoms with Crippen molar-refractivity contribution in [2.75, 3.05) is 19.6 Å². The van der Waals surface area contributed by atoms with Crippen molar-refractivity contribution in [3.8, 4) is 0 Å². The van der Waals surface area contributed by atoms with E-state index in [1.54, 1.807) is 0 Å². The third-order valence-corrected chi connectivity index (χ3v) is 5.67. The van der Waals surface area contributed by atoms with E-state index < -0.39 is 0 Å². The number of piperazine rings is 1. The van der Waals surface area contributed by atoms with Gasteiger partial charge >= 0.3 is 0 Å². The summed E-state index contributed by atoms with van der Waals surface area (Å²) in [5, 5.41) is 0. The molecule has 2 aliphatic heterocycles. The van der Waals surface area contributed by atoms with Gasteiger partial charge in [-0.1, -0.05) is 24.3 Å². The van der Waals surface area contributed by atoms with Crippen molar-refractivity contribution in [1.29, 1.82) is 0 Å². The fourth-order valence-corrected chi connectivity index (χ4v) is 4.60. The van der Waals surface area contributed by atoms with Crippen molar-refractivity contribution in [3.63, 3.8) is 0 Å². The first-order valence-electron chi connectivity index (χ1n) is 8.07. The first-order valence-corrected chi connectivity index (χ1v) is 8.07. The largest absolute Gasteiger partial charge is 0.323 e. The van der Waals surface area contributed by atoms with E-state index in [1.165, 1.54) is 43.6 Å². The monoisotopic (exact) mass is 271 g/mol. The molecule has 3 heteroatoms. The van der Waals surface area contributed by atoms with Crippen LogP contribution in [0.3, 0.4) is 0 Å². The van der Waals surface area contributed by atoms with Crippen molar-refractivity contribution in [3.05, 3.63) is 35.4 Å². The zero-order valence-electron chi connectivity index (χ0n) is 12.3. The Labute approximate surface area is 121 Å². The van der Waals surface area contributed by atoms with Gasteiger partial charge in [0.2, 0.25) is 0 Å². The summed E-state index contributed by atoms with van der Waals surface area (Å²) in [4.78, 5) is 5.39. The highest BCUT2D eigenvalue weighted by Gasteiger charge is 2.41. The number of hydrogen-bond acceptors (Lipinski definition) is 3. The lowest BCUT2D eigenvalue weighted by molar-refractivity contribution is 0.0232. The minimum absolute atomic E-state index is 0.196. The Kier molecular flexibility index (Phi) is 3.09. The maximum absolute atomic E-state index is 6.57. The first-order chi connectivity index (χ1) is 9.74. The van der Waals surface area contributed by atoms with Crippen LogP contribution in [0.1, 0.15) is 36.9 Å². The highest BCUT2D eigenvalue weighted by molar-refractivity contribution is 5.37. The van der Waals surface area contributed by atoms with E-state index in [1.807, 2.05) is 0 Å². The minimum Gasteiger partial charge on any atom is -0.323 e. The summed E-state index contributed by atoms with van der Waals surface area (Å²) in [6.45, 7) is 6.13. The van der Waals surface area contributed by atoms with Gasteiger partial charge in [-0.15, -0.1) is 0 Å². The molecule has 1 aliphatic carbocycles. The number of nitrogens with two attached hydrogens (primary N) is 1. The van der Waals surface area contributed by atoms with Gasteiger partial charge in [0, 0.05) is 37.3 Å². The highest BCUT2D eigenvalue weighted by atomic mass is 15.3. The fraction of sp³-hybridized carbons (Fsp3) is 0.647. The molecule has 0 spiro atoms. The van der Waals surface area contributed by atoms with E-state index in [2.05, 4.69) is 41.0 Å². The molecular formula is C17H25N3. The van der Waals surface area contributed by atoms with E-state index in [9.17, 15) is 0 Å². The van der Waals surface area contributed by atoms with Gasteiger partial charge in [0.05, 0.1) is 0 Å². The summed E-state index contributed by atoms with van der Waals surface area (Å²) in [6.07, 6.45) is 3.88. The van der Waals surface area contributed by atoms with Gasteiger partial charge in [0.1, 0.15) is 0 Å². The van der Waals surface area contributed by atoms with E-state index >= 15 is 0 Å². The highest BCUT2D eigenvalue weighted by Crippen LogP contribution is 2.36.